The Kier molecular flexibility index (Phi) is 5.07. The van der Waals surface area contributed by atoms with Crippen LogP contribution in [-0.2, 0) is 11.2 Å². The van der Waals surface area contributed by atoms with Crippen LogP contribution in [0.5, 0.6) is 0 Å². The van der Waals surface area contributed by atoms with Crippen LogP contribution in [-0.4, -0.2) is 11.0 Å². The maximum absolute atomic E-state index is 11.2. The van der Waals surface area contributed by atoms with Gasteiger partial charge in [0.1, 0.15) is 5.78 Å². The topological polar surface area (TPSA) is 17.1 Å². The van der Waals surface area contributed by atoms with Crippen LogP contribution in [0.25, 0.3) is 0 Å². The van der Waals surface area contributed by atoms with E-state index in [1.807, 2.05) is 18.7 Å². The van der Waals surface area contributed by atoms with E-state index in [4.69, 9.17) is 0 Å². The number of carbonyl (C=O) groups is 1. The molecule has 0 aliphatic rings. The molecule has 1 nitrogen and oxygen atoms in total. The lowest BCUT2D eigenvalue weighted by molar-refractivity contribution is -0.120. The van der Waals surface area contributed by atoms with Gasteiger partial charge in [0.15, 0.2) is 0 Å². The Bertz CT molecular complexity index is 340. The van der Waals surface area contributed by atoms with Crippen LogP contribution in [0.1, 0.15) is 33.3 Å². The van der Waals surface area contributed by atoms with Crippen LogP contribution in [0.3, 0.4) is 0 Å². The first kappa shape index (κ1) is 13.3. The van der Waals surface area contributed by atoms with E-state index < -0.39 is 0 Å². The van der Waals surface area contributed by atoms with E-state index in [2.05, 4.69) is 38.1 Å². The van der Waals surface area contributed by atoms with Gasteiger partial charge < -0.3 is 0 Å². The average Bonchev–Trinajstić information content (AvgIpc) is 2.20. The first-order valence-corrected chi connectivity index (χ1v) is 6.63. The van der Waals surface area contributed by atoms with Gasteiger partial charge in [-0.25, -0.2) is 0 Å². The normalized spacial score (nSPS) is 12.8. The minimum Gasteiger partial charge on any atom is -0.300 e. The van der Waals surface area contributed by atoms with Gasteiger partial charge >= 0.3 is 0 Å². The highest BCUT2D eigenvalue weighted by molar-refractivity contribution is 7.99. The zero-order valence-corrected chi connectivity index (χ0v) is 11.3. The van der Waals surface area contributed by atoms with Crippen molar-refractivity contribution >= 4 is 17.5 Å². The molecule has 0 aromatic heterocycles. The van der Waals surface area contributed by atoms with E-state index in [1.54, 1.807) is 6.92 Å². The Morgan fingerprint density at radius 3 is 2.19 bits per heavy atom. The summed E-state index contributed by atoms with van der Waals surface area (Å²) in [5, 5.41) is 0.613. The second-order valence-electron chi connectivity index (χ2n) is 4.53. The van der Waals surface area contributed by atoms with Crippen LogP contribution in [0.2, 0.25) is 0 Å². The van der Waals surface area contributed by atoms with E-state index in [0.29, 0.717) is 5.25 Å². The fourth-order valence-electron chi connectivity index (χ4n) is 1.47. The lowest BCUT2D eigenvalue weighted by atomic mass is 9.98. The van der Waals surface area contributed by atoms with Gasteiger partial charge in [0.2, 0.25) is 0 Å². The third-order valence-corrected chi connectivity index (χ3v) is 3.55. The molecular weight excluding hydrogens is 216 g/mol. The Balaban J connectivity index is 2.61. The Morgan fingerprint density at radius 1 is 1.19 bits per heavy atom. The summed E-state index contributed by atoms with van der Waals surface area (Å²) in [6.07, 6.45) is 0.849. The first-order valence-electron chi connectivity index (χ1n) is 5.75. The largest absolute Gasteiger partial charge is 0.300 e. The Labute approximate surface area is 103 Å². The fourth-order valence-corrected chi connectivity index (χ4v) is 2.31. The van der Waals surface area contributed by atoms with Gasteiger partial charge in [-0.1, -0.05) is 32.9 Å². The minimum absolute atomic E-state index is 0.128. The summed E-state index contributed by atoms with van der Waals surface area (Å²) in [6.45, 7) is 8.03. The molecule has 0 saturated heterocycles. The van der Waals surface area contributed by atoms with Crippen molar-refractivity contribution < 1.29 is 4.79 Å². The van der Waals surface area contributed by atoms with Crippen molar-refractivity contribution in [3.05, 3.63) is 29.8 Å². The third-order valence-electron chi connectivity index (χ3n) is 2.53. The molecule has 1 aromatic carbocycles. The molecule has 0 N–H and O–H groups in total. The lowest BCUT2D eigenvalue weighted by Gasteiger charge is -2.09. The van der Waals surface area contributed by atoms with Gasteiger partial charge in [0.05, 0.1) is 0 Å². The number of Topliss-reactive ketones (excluding diaryl/α,β-unsaturated/α-hetero) is 1. The predicted octanol–water partition coefficient (Wildman–Crippen LogP) is 3.95. The van der Waals surface area contributed by atoms with Gasteiger partial charge in [-0.3, -0.25) is 4.79 Å². The van der Waals surface area contributed by atoms with Crippen LogP contribution in [0.15, 0.2) is 29.2 Å². The Hall–Kier alpha value is -0.760. The molecule has 1 atom stereocenters. The molecule has 1 aromatic rings. The van der Waals surface area contributed by atoms with E-state index in [0.717, 1.165) is 6.42 Å². The first-order chi connectivity index (χ1) is 7.49. The summed E-state index contributed by atoms with van der Waals surface area (Å²) in [7, 11) is 0. The number of ketones is 1. The lowest BCUT2D eigenvalue weighted by Crippen LogP contribution is -2.09. The highest BCUT2D eigenvalue weighted by atomic mass is 32.2. The minimum atomic E-state index is 0.128. The smallest absolute Gasteiger partial charge is 0.132 e. The summed E-state index contributed by atoms with van der Waals surface area (Å²) in [6, 6.07) is 8.55. The number of hydrogen-bond donors (Lipinski definition) is 0. The number of carbonyl (C=O) groups excluding carboxylic acids is 1. The van der Waals surface area contributed by atoms with Gasteiger partial charge in [-0.2, -0.15) is 0 Å². The maximum Gasteiger partial charge on any atom is 0.132 e. The van der Waals surface area contributed by atoms with Crippen molar-refractivity contribution in [2.24, 2.45) is 5.92 Å². The number of rotatable bonds is 5. The molecule has 88 valence electrons. The van der Waals surface area contributed by atoms with E-state index in [1.165, 1.54) is 10.5 Å². The molecule has 0 aliphatic heterocycles. The zero-order chi connectivity index (χ0) is 12.1. The highest BCUT2D eigenvalue weighted by Gasteiger charge is 2.08. The molecule has 0 aliphatic carbocycles. The molecule has 0 spiro atoms. The average molecular weight is 236 g/mol. The Morgan fingerprint density at radius 2 is 1.75 bits per heavy atom. The second-order valence-corrected chi connectivity index (χ2v) is 6.18. The molecule has 0 saturated carbocycles. The van der Waals surface area contributed by atoms with Gasteiger partial charge in [0.25, 0.3) is 0 Å². The summed E-state index contributed by atoms with van der Waals surface area (Å²) in [5.41, 5.74) is 1.25. The van der Waals surface area contributed by atoms with E-state index >= 15 is 0 Å². The van der Waals surface area contributed by atoms with Crippen molar-refractivity contribution in [1.29, 1.82) is 0 Å². The molecule has 0 bridgehead atoms. The molecule has 0 fully saturated rings. The molecule has 16 heavy (non-hydrogen) atoms. The van der Waals surface area contributed by atoms with E-state index in [-0.39, 0.29) is 11.7 Å². The van der Waals surface area contributed by atoms with E-state index in [9.17, 15) is 4.79 Å². The van der Waals surface area contributed by atoms with Crippen molar-refractivity contribution in [3.8, 4) is 0 Å². The highest BCUT2D eigenvalue weighted by Crippen LogP contribution is 2.23. The molecule has 0 radical (unpaired) electrons. The number of hydrogen-bond acceptors (Lipinski definition) is 2. The second kappa shape index (κ2) is 6.09. The van der Waals surface area contributed by atoms with Crippen LogP contribution in [0, 0.1) is 5.92 Å². The van der Waals surface area contributed by atoms with Crippen LogP contribution < -0.4 is 0 Å². The quantitative estimate of drug-likeness (QED) is 0.720. The fraction of sp³-hybridized carbons (Fsp3) is 0.500. The molecule has 2 heteroatoms. The third kappa shape index (κ3) is 4.40. The monoisotopic (exact) mass is 236 g/mol. The standard InChI is InChI=1S/C14H20OS/c1-10(2)16-14-7-5-13(6-8-14)9-11(3)12(4)15/h5-8,10-11H,9H2,1-4H3. The van der Waals surface area contributed by atoms with Gasteiger partial charge in [-0.15, -0.1) is 11.8 Å². The SMILES string of the molecule is CC(=O)C(C)Cc1ccc(SC(C)C)cc1. The van der Waals surface area contributed by atoms with Crippen LogP contribution in [0.4, 0.5) is 0 Å². The van der Waals surface area contributed by atoms with Crippen molar-refractivity contribution in [1.82, 2.24) is 0 Å². The van der Waals surface area contributed by atoms with Crippen molar-refractivity contribution in [2.45, 2.75) is 44.3 Å². The number of thioether (sulfide) groups is 1. The van der Waals surface area contributed by atoms with Crippen molar-refractivity contribution in [3.63, 3.8) is 0 Å². The molecule has 0 heterocycles. The molecule has 1 rings (SSSR count). The van der Waals surface area contributed by atoms with Gasteiger partial charge in [-0.05, 0) is 31.0 Å². The van der Waals surface area contributed by atoms with Gasteiger partial charge in [0, 0.05) is 16.1 Å². The molecular formula is C14H20OS. The van der Waals surface area contributed by atoms with Crippen molar-refractivity contribution in [2.75, 3.05) is 0 Å². The van der Waals surface area contributed by atoms with Crippen LogP contribution >= 0.6 is 11.8 Å². The summed E-state index contributed by atoms with van der Waals surface area (Å²) < 4.78 is 0. The predicted molar refractivity (Wildman–Crippen MR) is 71.0 cm³/mol. The summed E-state index contributed by atoms with van der Waals surface area (Å²) in [5.74, 6) is 0.393. The zero-order valence-electron chi connectivity index (χ0n) is 10.5. The maximum atomic E-state index is 11.2. The molecule has 0 amide bonds. The summed E-state index contributed by atoms with van der Waals surface area (Å²) in [4.78, 5) is 12.5. The summed E-state index contributed by atoms with van der Waals surface area (Å²) >= 11 is 1.87. The molecule has 1 unspecified atom stereocenters. The number of benzene rings is 1.